The van der Waals surface area contributed by atoms with Crippen molar-refractivity contribution in [2.45, 2.75) is 13.5 Å². The fourth-order valence-electron chi connectivity index (χ4n) is 1.72. The summed E-state index contributed by atoms with van der Waals surface area (Å²) in [5.74, 6) is 5.44. The van der Waals surface area contributed by atoms with Crippen LogP contribution in [0.5, 0.6) is 0 Å². The van der Waals surface area contributed by atoms with Crippen LogP contribution in [0.2, 0.25) is 0 Å². The molecule has 4 nitrogen and oxygen atoms in total. The first-order valence-electron chi connectivity index (χ1n) is 5.91. The van der Waals surface area contributed by atoms with E-state index in [-0.39, 0.29) is 12.2 Å². The molecular weight excluding hydrogens is 240 g/mol. The lowest BCUT2D eigenvalue weighted by Gasteiger charge is -2.05. The van der Waals surface area contributed by atoms with Crippen molar-refractivity contribution in [3.8, 4) is 11.8 Å². The van der Waals surface area contributed by atoms with Crippen LogP contribution in [0.15, 0.2) is 41.5 Å². The second kappa shape index (κ2) is 5.98. The van der Waals surface area contributed by atoms with Crippen molar-refractivity contribution in [3.63, 3.8) is 0 Å². The van der Waals surface area contributed by atoms with E-state index in [2.05, 4.69) is 16.8 Å². The van der Waals surface area contributed by atoms with Gasteiger partial charge in [-0.1, -0.05) is 24.0 Å². The molecule has 2 rings (SSSR count). The molecule has 0 aliphatic rings. The van der Waals surface area contributed by atoms with Gasteiger partial charge in [-0.15, -0.1) is 0 Å². The highest BCUT2D eigenvalue weighted by atomic mass is 16.2. The SMILES string of the molecule is Cc1cc(=O)n(Cc2cccc(C#CCO)c2)cn1. The molecule has 0 atom stereocenters. The number of rotatable bonds is 2. The molecule has 2 aromatic rings. The average molecular weight is 254 g/mol. The number of benzene rings is 1. The quantitative estimate of drug-likeness (QED) is 0.812. The maximum atomic E-state index is 11.8. The van der Waals surface area contributed by atoms with Gasteiger partial charge < -0.3 is 5.11 Å². The van der Waals surface area contributed by atoms with Crippen LogP contribution >= 0.6 is 0 Å². The third-order valence-electron chi connectivity index (χ3n) is 2.61. The Bertz CT molecular complexity index is 693. The van der Waals surface area contributed by atoms with Crippen molar-refractivity contribution >= 4 is 0 Å². The lowest BCUT2D eigenvalue weighted by atomic mass is 10.1. The molecule has 1 aromatic heterocycles. The van der Waals surface area contributed by atoms with Gasteiger partial charge in [-0.3, -0.25) is 9.36 Å². The maximum Gasteiger partial charge on any atom is 0.253 e. The summed E-state index contributed by atoms with van der Waals surface area (Å²) in [4.78, 5) is 15.9. The molecule has 0 unspecified atom stereocenters. The number of aryl methyl sites for hydroxylation is 1. The first-order valence-corrected chi connectivity index (χ1v) is 5.91. The van der Waals surface area contributed by atoms with Crippen molar-refractivity contribution < 1.29 is 5.11 Å². The Balaban J connectivity index is 2.26. The molecule has 1 N–H and O–H groups in total. The highest BCUT2D eigenvalue weighted by molar-refractivity contribution is 5.37. The van der Waals surface area contributed by atoms with Crippen molar-refractivity contribution in [2.24, 2.45) is 0 Å². The molecule has 0 aliphatic carbocycles. The topological polar surface area (TPSA) is 55.1 Å². The second-order valence-electron chi connectivity index (χ2n) is 4.16. The van der Waals surface area contributed by atoms with Crippen LogP contribution in [0.1, 0.15) is 16.8 Å². The summed E-state index contributed by atoms with van der Waals surface area (Å²) in [5, 5.41) is 8.67. The summed E-state index contributed by atoms with van der Waals surface area (Å²) in [6, 6.07) is 9.08. The fraction of sp³-hybridized carbons (Fsp3) is 0.200. The Morgan fingerprint density at radius 1 is 1.37 bits per heavy atom. The van der Waals surface area contributed by atoms with Crippen molar-refractivity contribution in [3.05, 3.63) is 63.8 Å². The minimum Gasteiger partial charge on any atom is -0.384 e. The van der Waals surface area contributed by atoms with E-state index in [1.807, 2.05) is 24.3 Å². The van der Waals surface area contributed by atoms with Gasteiger partial charge in [0, 0.05) is 17.3 Å². The van der Waals surface area contributed by atoms with Gasteiger partial charge in [-0.2, -0.15) is 0 Å². The van der Waals surface area contributed by atoms with Crippen LogP contribution < -0.4 is 5.56 Å². The normalized spacial score (nSPS) is 9.79. The number of hydrogen-bond acceptors (Lipinski definition) is 3. The number of aliphatic hydroxyl groups excluding tert-OH is 1. The third kappa shape index (κ3) is 3.54. The molecule has 4 heteroatoms. The first kappa shape index (κ1) is 13.1. The van der Waals surface area contributed by atoms with Gasteiger partial charge in [0.15, 0.2) is 0 Å². The van der Waals surface area contributed by atoms with E-state index in [9.17, 15) is 4.79 Å². The summed E-state index contributed by atoms with van der Waals surface area (Å²) >= 11 is 0. The highest BCUT2D eigenvalue weighted by Crippen LogP contribution is 2.05. The molecule has 0 radical (unpaired) electrons. The number of aromatic nitrogens is 2. The van der Waals surface area contributed by atoms with E-state index in [1.165, 1.54) is 6.07 Å². The largest absolute Gasteiger partial charge is 0.384 e. The van der Waals surface area contributed by atoms with Crippen LogP contribution in [0.25, 0.3) is 0 Å². The monoisotopic (exact) mass is 254 g/mol. The van der Waals surface area contributed by atoms with Gasteiger partial charge in [0.05, 0.1) is 12.9 Å². The van der Waals surface area contributed by atoms with Crippen molar-refractivity contribution in [2.75, 3.05) is 6.61 Å². The lowest BCUT2D eigenvalue weighted by molar-refractivity contribution is 0.350. The fourth-order valence-corrected chi connectivity index (χ4v) is 1.72. The lowest BCUT2D eigenvalue weighted by Crippen LogP contribution is -2.20. The summed E-state index contributed by atoms with van der Waals surface area (Å²) < 4.78 is 1.55. The number of aliphatic hydroxyl groups is 1. The molecule has 19 heavy (non-hydrogen) atoms. The molecule has 0 amide bonds. The summed E-state index contributed by atoms with van der Waals surface area (Å²) in [6.45, 7) is 2.09. The number of nitrogens with zero attached hydrogens (tertiary/aromatic N) is 2. The molecule has 0 saturated heterocycles. The van der Waals surface area contributed by atoms with Crippen LogP contribution in [0.4, 0.5) is 0 Å². The van der Waals surface area contributed by atoms with Crippen LogP contribution in [-0.4, -0.2) is 21.3 Å². The molecule has 0 aliphatic heterocycles. The Morgan fingerprint density at radius 2 is 2.21 bits per heavy atom. The van der Waals surface area contributed by atoms with Gasteiger partial charge in [0.1, 0.15) is 6.61 Å². The van der Waals surface area contributed by atoms with E-state index in [0.29, 0.717) is 12.2 Å². The minimum atomic E-state index is -0.161. The Kier molecular flexibility index (Phi) is 4.11. The molecule has 96 valence electrons. The molecule has 0 bridgehead atoms. The summed E-state index contributed by atoms with van der Waals surface area (Å²) in [5.41, 5.74) is 2.43. The molecule has 0 spiro atoms. The van der Waals surface area contributed by atoms with E-state index in [0.717, 1.165) is 11.1 Å². The van der Waals surface area contributed by atoms with Gasteiger partial charge in [-0.05, 0) is 24.6 Å². The minimum absolute atomic E-state index is 0.0701. The Hall–Kier alpha value is -2.38. The second-order valence-corrected chi connectivity index (χ2v) is 4.16. The molecule has 0 saturated carbocycles. The van der Waals surface area contributed by atoms with Crippen LogP contribution in [-0.2, 0) is 6.54 Å². The zero-order valence-electron chi connectivity index (χ0n) is 10.6. The zero-order chi connectivity index (χ0) is 13.7. The van der Waals surface area contributed by atoms with Gasteiger partial charge in [0.2, 0.25) is 0 Å². The van der Waals surface area contributed by atoms with Crippen molar-refractivity contribution in [1.82, 2.24) is 9.55 Å². The van der Waals surface area contributed by atoms with E-state index >= 15 is 0 Å². The van der Waals surface area contributed by atoms with E-state index < -0.39 is 0 Å². The van der Waals surface area contributed by atoms with Crippen LogP contribution in [0, 0.1) is 18.8 Å². The average Bonchev–Trinajstić information content (AvgIpc) is 2.40. The standard InChI is InChI=1S/C15H14N2O2/c1-12-8-15(19)17(11-16-12)10-14-5-2-4-13(9-14)6-3-7-18/h2,4-5,8-9,11,18H,7,10H2,1H3. The molecule has 1 heterocycles. The molecular formula is C15H14N2O2. The predicted molar refractivity (Wildman–Crippen MR) is 72.7 cm³/mol. The Morgan fingerprint density at radius 3 is 2.95 bits per heavy atom. The molecule has 0 fully saturated rings. The predicted octanol–water partition coefficient (Wildman–Crippen LogP) is 0.944. The summed E-state index contributed by atoms with van der Waals surface area (Å²) in [7, 11) is 0. The van der Waals surface area contributed by atoms with E-state index in [4.69, 9.17) is 5.11 Å². The smallest absolute Gasteiger partial charge is 0.253 e. The summed E-state index contributed by atoms with van der Waals surface area (Å²) in [6.07, 6.45) is 1.55. The van der Waals surface area contributed by atoms with Crippen molar-refractivity contribution in [1.29, 1.82) is 0 Å². The Labute approximate surface area is 111 Å². The van der Waals surface area contributed by atoms with Crippen LogP contribution in [0.3, 0.4) is 0 Å². The van der Waals surface area contributed by atoms with Gasteiger partial charge >= 0.3 is 0 Å². The number of hydrogen-bond donors (Lipinski definition) is 1. The first-order chi connectivity index (χ1) is 9.19. The van der Waals surface area contributed by atoms with Gasteiger partial charge in [-0.25, -0.2) is 4.98 Å². The molecule has 1 aromatic carbocycles. The highest BCUT2D eigenvalue weighted by Gasteiger charge is 1.99. The third-order valence-corrected chi connectivity index (χ3v) is 2.61. The maximum absolute atomic E-state index is 11.8. The van der Waals surface area contributed by atoms with Gasteiger partial charge in [0.25, 0.3) is 5.56 Å². The van der Waals surface area contributed by atoms with E-state index in [1.54, 1.807) is 17.8 Å². The zero-order valence-corrected chi connectivity index (χ0v) is 10.6.